The second-order valence-corrected chi connectivity index (χ2v) is 7.04. The molecule has 1 atom stereocenters. The number of anilines is 1. The van der Waals surface area contributed by atoms with Gasteiger partial charge in [-0.25, -0.2) is 4.98 Å². The molecule has 0 saturated carbocycles. The lowest BCUT2D eigenvalue weighted by Crippen LogP contribution is -2.57. The number of amides is 2. The van der Waals surface area contributed by atoms with Crippen molar-refractivity contribution in [2.45, 2.75) is 13.0 Å². The van der Waals surface area contributed by atoms with Crippen molar-refractivity contribution in [1.29, 1.82) is 5.26 Å². The summed E-state index contributed by atoms with van der Waals surface area (Å²) in [6.07, 6.45) is 3.54. The standard InChI is InChI=1S/C18H15N5O2S/c1-12-9-23(14-4-2-13(8-19)3-5-14)16(24)11-22(12)17(25)15-10-21-6-7-26-18(21)20-15/h2-7,10,12H,9,11H2,1H3/t12-/m1/s1. The molecular formula is C18H15N5O2S. The molecule has 1 fully saturated rings. The number of carbonyl (C=O) groups excluding carboxylic acids is 2. The van der Waals surface area contributed by atoms with Gasteiger partial charge in [-0.05, 0) is 31.2 Å². The van der Waals surface area contributed by atoms with Gasteiger partial charge in [-0.1, -0.05) is 0 Å². The van der Waals surface area contributed by atoms with Gasteiger partial charge in [0.25, 0.3) is 5.91 Å². The van der Waals surface area contributed by atoms with Crippen LogP contribution in [0.4, 0.5) is 5.69 Å². The Balaban J connectivity index is 1.54. The summed E-state index contributed by atoms with van der Waals surface area (Å²) in [5, 5.41) is 10.8. The van der Waals surface area contributed by atoms with Crippen LogP contribution in [0.15, 0.2) is 42.0 Å². The Bertz CT molecular complexity index is 1000. The molecule has 26 heavy (non-hydrogen) atoms. The summed E-state index contributed by atoms with van der Waals surface area (Å²) in [5.41, 5.74) is 1.63. The maximum absolute atomic E-state index is 12.8. The number of nitrogens with zero attached hydrogens (tertiary/aromatic N) is 5. The Kier molecular flexibility index (Phi) is 3.93. The summed E-state index contributed by atoms with van der Waals surface area (Å²) in [4.78, 5) is 33.7. The van der Waals surface area contributed by atoms with Gasteiger partial charge in [-0.15, -0.1) is 11.3 Å². The van der Waals surface area contributed by atoms with Crippen molar-refractivity contribution in [1.82, 2.24) is 14.3 Å². The van der Waals surface area contributed by atoms with Crippen LogP contribution in [-0.2, 0) is 4.79 Å². The van der Waals surface area contributed by atoms with Crippen molar-refractivity contribution >= 4 is 33.8 Å². The van der Waals surface area contributed by atoms with E-state index in [0.29, 0.717) is 17.8 Å². The average molecular weight is 365 g/mol. The first-order valence-corrected chi connectivity index (χ1v) is 8.98. The van der Waals surface area contributed by atoms with E-state index in [4.69, 9.17) is 5.26 Å². The molecule has 2 amide bonds. The fraction of sp³-hybridized carbons (Fsp3) is 0.222. The predicted molar refractivity (Wildman–Crippen MR) is 97.1 cm³/mol. The molecule has 8 heteroatoms. The van der Waals surface area contributed by atoms with Gasteiger partial charge in [-0.3, -0.25) is 14.0 Å². The zero-order chi connectivity index (χ0) is 18.3. The van der Waals surface area contributed by atoms with Gasteiger partial charge >= 0.3 is 0 Å². The van der Waals surface area contributed by atoms with Crippen LogP contribution in [0.1, 0.15) is 23.0 Å². The van der Waals surface area contributed by atoms with Crippen LogP contribution in [-0.4, -0.2) is 45.2 Å². The number of aromatic nitrogens is 2. The van der Waals surface area contributed by atoms with Crippen LogP contribution >= 0.6 is 11.3 Å². The Morgan fingerprint density at radius 1 is 1.35 bits per heavy atom. The van der Waals surface area contributed by atoms with Crippen LogP contribution in [0.5, 0.6) is 0 Å². The SMILES string of the molecule is C[C@@H]1CN(c2ccc(C#N)cc2)C(=O)CN1C(=O)c1cn2ccsc2n1. The van der Waals surface area contributed by atoms with Crippen LogP contribution in [0.25, 0.3) is 4.96 Å². The van der Waals surface area contributed by atoms with Crippen molar-refractivity contribution in [2.24, 2.45) is 0 Å². The molecule has 1 aliphatic heterocycles. The van der Waals surface area contributed by atoms with Gasteiger partial charge in [0.1, 0.15) is 12.2 Å². The first-order valence-electron chi connectivity index (χ1n) is 8.10. The van der Waals surface area contributed by atoms with E-state index in [1.165, 1.54) is 11.3 Å². The lowest BCUT2D eigenvalue weighted by molar-refractivity contribution is -0.121. The molecule has 4 rings (SSSR count). The van der Waals surface area contributed by atoms with E-state index in [2.05, 4.69) is 11.1 Å². The topological polar surface area (TPSA) is 81.7 Å². The third-order valence-electron chi connectivity index (χ3n) is 4.47. The van der Waals surface area contributed by atoms with Gasteiger partial charge in [0.2, 0.25) is 5.91 Å². The van der Waals surface area contributed by atoms with Crippen molar-refractivity contribution < 1.29 is 9.59 Å². The summed E-state index contributed by atoms with van der Waals surface area (Å²) < 4.78 is 1.80. The zero-order valence-electron chi connectivity index (χ0n) is 14.0. The van der Waals surface area contributed by atoms with Crippen LogP contribution in [0.3, 0.4) is 0 Å². The van der Waals surface area contributed by atoms with E-state index >= 15 is 0 Å². The van der Waals surface area contributed by atoms with E-state index in [-0.39, 0.29) is 24.4 Å². The van der Waals surface area contributed by atoms with Crippen molar-refractivity contribution in [3.63, 3.8) is 0 Å². The Morgan fingerprint density at radius 2 is 2.12 bits per heavy atom. The number of rotatable bonds is 2. The van der Waals surface area contributed by atoms with E-state index in [1.807, 2.05) is 18.5 Å². The lowest BCUT2D eigenvalue weighted by atomic mass is 10.1. The molecule has 2 aromatic heterocycles. The van der Waals surface area contributed by atoms with E-state index in [1.54, 1.807) is 44.7 Å². The highest BCUT2D eigenvalue weighted by Crippen LogP contribution is 2.22. The monoisotopic (exact) mass is 365 g/mol. The maximum atomic E-state index is 12.8. The number of benzene rings is 1. The molecule has 0 spiro atoms. The maximum Gasteiger partial charge on any atom is 0.274 e. The number of piperazine rings is 1. The van der Waals surface area contributed by atoms with E-state index in [0.717, 1.165) is 10.6 Å². The summed E-state index contributed by atoms with van der Waals surface area (Å²) in [5.74, 6) is -0.386. The molecule has 1 saturated heterocycles. The fourth-order valence-corrected chi connectivity index (χ4v) is 3.77. The normalized spacial score (nSPS) is 17.5. The first-order chi connectivity index (χ1) is 12.6. The summed E-state index contributed by atoms with van der Waals surface area (Å²) in [7, 11) is 0. The molecule has 1 aliphatic rings. The highest BCUT2D eigenvalue weighted by atomic mass is 32.1. The van der Waals surface area contributed by atoms with Gasteiger partial charge in [0.15, 0.2) is 4.96 Å². The number of hydrogen-bond donors (Lipinski definition) is 0. The van der Waals surface area contributed by atoms with E-state index in [9.17, 15) is 9.59 Å². The van der Waals surface area contributed by atoms with Crippen LogP contribution in [0, 0.1) is 11.3 Å². The summed E-state index contributed by atoms with van der Waals surface area (Å²) in [6.45, 7) is 2.32. The minimum absolute atomic E-state index is 0.00514. The second-order valence-electron chi connectivity index (χ2n) is 6.16. The van der Waals surface area contributed by atoms with Gasteiger partial charge in [0, 0.05) is 36.0 Å². The summed E-state index contributed by atoms with van der Waals surface area (Å²) >= 11 is 1.46. The molecule has 130 valence electrons. The van der Waals surface area contributed by atoms with E-state index < -0.39 is 0 Å². The molecular weight excluding hydrogens is 350 g/mol. The fourth-order valence-electron chi connectivity index (χ4n) is 3.07. The molecule has 0 unspecified atom stereocenters. The van der Waals surface area contributed by atoms with Gasteiger partial charge in [0.05, 0.1) is 11.6 Å². The van der Waals surface area contributed by atoms with Gasteiger partial charge in [-0.2, -0.15) is 5.26 Å². The largest absolute Gasteiger partial charge is 0.323 e. The molecule has 0 N–H and O–H groups in total. The predicted octanol–water partition coefficient (Wildman–Crippen LogP) is 2.14. The number of imidazole rings is 1. The van der Waals surface area contributed by atoms with Crippen molar-refractivity contribution in [2.75, 3.05) is 18.0 Å². The molecule has 1 aromatic carbocycles. The Hall–Kier alpha value is -3.18. The highest BCUT2D eigenvalue weighted by Gasteiger charge is 2.34. The van der Waals surface area contributed by atoms with Crippen LogP contribution < -0.4 is 4.90 Å². The minimum atomic E-state index is -0.235. The molecule has 3 heterocycles. The molecule has 0 bridgehead atoms. The minimum Gasteiger partial charge on any atom is -0.323 e. The summed E-state index contributed by atoms with van der Waals surface area (Å²) in [6, 6.07) is 8.79. The highest BCUT2D eigenvalue weighted by molar-refractivity contribution is 7.15. The first kappa shape index (κ1) is 16.3. The zero-order valence-corrected chi connectivity index (χ0v) is 14.8. The quantitative estimate of drug-likeness (QED) is 0.697. The van der Waals surface area contributed by atoms with Crippen molar-refractivity contribution in [3.05, 3.63) is 53.3 Å². The van der Waals surface area contributed by atoms with Gasteiger partial charge < -0.3 is 9.80 Å². The second kappa shape index (κ2) is 6.28. The van der Waals surface area contributed by atoms with Crippen molar-refractivity contribution in [3.8, 4) is 6.07 Å². The van der Waals surface area contributed by atoms with Crippen LogP contribution in [0.2, 0.25) is 0 Å². The number of hydrogen-bond acceptors (Lipinski definition) is 5. The molecule has 7 nitrogen and oxygen atoms in total. The number of nitriles is 1. The smallest absolute Gasteiger partial charge is 0.274 e. The third-order valence-corrected chi connectivity index (χ3v) is 5.24. The number of thiazole rings is 1. The lowest BCUT2D eigenvalue weighted by Gasteiger charge is -2.39. The Morgan fingerprint density at radius 3 is 2.81 bits per heavy atom. The average Bonchev–Trinajstić information content (AvgIpc) is 3.25. The molecule has 0 radical (unpaired) electrons. The molecule has 0 aliphatic carbocycles. The number of carbonyl (C=O) groups is 2. The third kappa shape index (κ3) is 2.72. The number of fused-ring (bicyclic) bond motifs is 1. The molecule has 3 aromatic rings. The Labute approximate surface area is 153 Å².